The Hall–Kier alpha value is -2.56. The molecule has 0 bridgehead atoms. The first kappa shape index (κ1) is 16.8. The van der Waals surface area contributed by atoms with Gasteiger partial charge in [-0.1, -0.05) is 25.5 Å². The second kappa shape index (κ2) is 8.78. The number of hydrogen-bond acceptors (Lipinski definition) is 4. The Morgan fingerprint density at radius 2 is 2.04 bits per heavy atom. The van der Waals surface area contributed by atoms with Crippen molar-refractivity contribution in [2.24, 2.45) is 0 Å². The minimum atomic E-state index is -0.153. The topological polar surface area (TPSA) is 63.2 Å². The molecular formula is C18H23N3O2. The molecule has 0 unspecified atom stereocenters. The molecule has 0 aliphatic heterocycles. The van der Waals surface area contributed by atoms with Gasteiger partial charge in [-0.3, -0.25) is 9.78 Å². The van der Waals surface area contributed by atoms with Gasteiger partial charge in [0.25, 0.3) is 5.91 Å². The van der Waals surface area contributed by atoms with E-state index in [0.29, 0.717) is 18.8 Å². The van der Waals surface area contributed by atoms with Crippen molar-refractivity contribution in [1.82, 2.24) is 10.3 Å². The van der Waals surface area contributed by atoms with Crippen molar-refractivity contribution in [3.63, 3.8) is 0 Å². The number of amides is 1. The zero-order valence-electron chi connectivity index (χ0n) is 13.6. The second-order valence-electron chi connectivity index (χ2n) is 5.09. The lowest BCUT2D eigenvalue weighted by atomic mass is 10.2. The Balaban J connectivity index is 2.09. The highest BCUT2D eigenvalue weighted by atomic mass is 16.5. The van der Waals surface area contributed by atoms with Crippen LogP contribution in [-0.4, -0.2) is 24.0 Å². The van der Waals surface area contributed by atoms with Crippen molar-refractivity contribution < 1.29 is 9.53 Å². The molecule has 0 radical (unpaired) electrons. The average Bonchev–Trinajstić information content (AvgIpc) is 2.57. The van der Waals surface area contributed by atoms with Crippen LogP contribution < -0.4 is 15.4 Å². The number of ether oxygens (including phenoxy) is 1. The third kappa shape index (κ3) is 4.98. The van der Waals surface area contributed by atoms with Crippen molar-refractivity contribution in [2.45, 2.75) is 26.7 Å². The molecule has 1 heterocycles. The number of pyridine rings is 1. The van der Waals surface area contributed by atoms with E-state index in [2.05, 4.69) is 22.5 Å². The number of carbonyl (C=O) groups excluding carboxylic acids is 1. The Bertz CT molecular complexity index is 644. The van der Waals surface area contributed by atoms with Crippen LogP contribution in [-0.2, 0) is 0 Å². The fourth-order valence-corrected chi connectivity index (χ4v) is 2.11. The van der Waals surface area contributed by atoms with Crippen LogP contribution in [0.4, 0.5) is 11.4 Å². The highest BCUT2D eigenvalue weighted by Crippen LogP contribution is 2.27. The smallest absolute Gasteiger partial charge is 0.269 e. The Morgan fingerprint density at radius 3 is 2.83 bits per heavy atom. The summed E-state index contributed by atoms with van der Waals surface area (Å²) in [7, 11) is 0. The standard InChI is InChI=1S/C18H23N3O2/c1-3-5-11-20-18(22)16-13-14(10-12-19-16)21-15-8-6-7-9-17(15)23-4-2/h6-10,12-13H,3-5,11H2,1-2H3,(H,19,21)(H,20,22). The van der Waals surface area contributed by atoms with Gasteiger partial charge >= 0.3 is 0 Å². The third-order valence-electron chi connectivity index (χ3n) is 3.27. The molecule has 0 atom stereocenters. The summed E-state index contributed by atoms with van der Waals surface area (Å²) < 4.78 is 5.59. The summed E-state index contributed by atoms with van der Waals surface area (Å²) in [6.45, 7) is 5.30. The number of rotatable bonds is 8. The lowest BCUT2D eigenvalue weighted by molar-refractivity contribution is 0.0948. The molecule has 1 aromatic heterocycles. The van der Waals surface area contributed by atoms with Gasteiger partial charge in [0.05, 0.1) is 12.3 Å². The lowest BCUT2D eigenvalue weighted by Crippen LogP contribution is -2.25. The quantitative estimate of drug-likeness (QED) is 0.729. The maximum absolute atomic E-state index is 12.1. The van der Waals surface area contributed by atoms with E-state index in [0.717, 1.165) is 30.0 Å². The van der Waals surface area contributed by atoms with Gasteiger partial charge in [0, 0.05) is 18.4 Å². The minimum absolute atomic E-state index is 0.153. The van der Waals surface area contributed by atoms with E-state index in [1.54, 1.807) is 12.3 Å². The molecule has 0 fully saturated rings. The summed E-state index contributed by atoms with van der Waals surface area (Å²) in [6.07, 6.45) is 3.63. The van der Waals surface area contributed by atoms with Crippen LogP contribution in [0.15, 0.2) is 42.6 Å². The van der Waals surface area contributed by atoms with Crippen molar-refractivity contribution in [1.29, 1.82) is 0 Å². The molecule has 0 saturated heterocycles. The number of anilines is 2. The molecule has 1 amide bonds. The van der Waals surface area contributed by atoms with E-state index in [1.807, 2.05) is 37.3 Å². The fourth-order valence-electron chi connectivity index (χ4n) is 2.11. The largest absolute Gasteiger partial charge is 0.492 e. The SMILES string of the molecule is CCCCNC(=O)c1cc(Nc2ccccc2OCC)ccn1. The van der Waals surface area contributed by atoms with Crippen LogP contribution in [0.1, 0.15) is 37.2 Å². The van der Waals surface area contributed by atoms with Gasteiger partial charge in [-0.05, 0) is 37.6 Å². The average molecular weight is 313 g/mol. The number of benzene rings is 1. The number of hydrogen-bond donors (Lipinski definition) is 2. The lowest BCUT2D eigenvalue weighted by Gasteiger charge is -2.12. The van der Waals surface area contributed by atoms with Crippen molar-refractivity contribution in [3.05, 3.63) is 48.3 Å². The van der Waals surface area contributed by atoms with Gasteiger partial charge in [0.2, 0.25) is 0 Å². The molecule has 1 aromatic carbocycles. The summed E-state index contributed by atoms with van der Waals surface area (Å²) in [5.41, 5.74) is 2.06. The summed E-state index contributed by atoms with van der Waals surface area (Å²) in [5, 5.41) is 6.14. The minimum Gasteiger partial charge on any atom is -0.492 e. The molecule has 0 spiro atoms. The normalized spacial score (nSPS) is 10.2. The summed E-state index contributed by atoms with van der Waals surface area (Å²) >= 11 is 0. The summed E-state index contributed by atoms with van der Waals surface area (Å²) in [5.74, 6) is 0.626. The monoisotopic (exact) mass is 313 g/mol. The first-order valence-electron chi connectivity index (χ1n) is 7.97. The number of nitrogens with one attached hydrogen (secondary N) is 2. The van der Waals surface area contributed by atoms with Crippen LogP contribution in [0, 0.1) is 0 Å². The Labute approximate surface area is 137 Å². The van der Waals surface area contributed by atoms with E-state index < -0.39 is 0 Å². The number of nitrogens with zero attached hydrogens (tertiary/aromatic N) is 1. The molecule has 5 nitrogen and oxygen atoms in total. The van der Waals surface area contributed by atoms with Crippen LogP contribution >= 0.6 is 0 Å². The molecule has 2 rings (SSSR count). The molecule has 0 aliphatic rings. The first-order valence-corrected chi connectivity index (χ1v) is 7.97. The van der Waals surface area contributed by atoms with E-state index in [4.69, 9.17) is 4.74 Å². The first-order chi connectivity index (χ1) is 11.2. The van der Waals surface area contributed by atoms with E-state index in [1.165, 1.54) is 0 Å². The van der Waals surface area contributed by atoms with E-state index >= 15 is 0 Å². The fraction of sp³-hybridized carbons (Fsp3) is 0.333. The molecule has 0 saturated carbocycles. The second-order valence-corrected chi connectivity index (χ2v) is 5.09. The highest BCUT2D eigenvalue weighted by molar-refractivity contribution is 5.93. The van der Waals surface area contributed by atoms with Gasteiger partial charge in [-0.15, -0.1) is 0 Å². The van der Waals surface area contributed by atoms with Crippen LogP contribution in [0.3, 0.4) is 0 Å². The Kier molecular flexibility index (Phi) is 6.41. The van der Waals surface area contributed by atoms with Gasteiger partial charge < -0.3 is 15.4 Å². The predicted octanol–water partition coefficient (Wildman–Crippen LogP) is 3.75. The van der Waals surface area contributed by atoms with E-state index in [-0.39, 0.29) is 5.91 Å². The van der Waals surface area contributed by atoms with Crippen LogP contribution in [0.25, 0.3) is 0 Å². The predicted molar refractivity (Wildman–Crippen MR) is 92.4 cm³/mol. The Morgan fingerprint density at radius 1 is 1.22 bits per heavy atom. The van der Waals surface area contributed by atoms with Gasteiger partial charge in [0.15, 0.2) is 0 Å². The van der Waals surface area contributed by atoms with E-state index in [9.17, 15) is 4.79 Å². The third-order valence-corrected chi connectivity index (χ3v) is 3.27. The maximum atomic E-state index is 12.1. The molecule has 5 heteroatoms. The summed E-state index contributed by atoms with van der Waals surface area (Å²) in [4.78, 5) is 16.2. The summed E-state index contributed by atoms with van der Waals surface area (Å²) in [6, 6.07) is 11.3. The molecule has 2 aromatic rings. The van der Waals surface area contributed by atoms with Gasteiger partial charge in [-0.25, -0.2) is 0 Å². The molecular weight excluding hydrogens is 290 g/mol. The maximum Gasteiger partial charge on any atom is 0.269 e. The molecule has 23 heavy (non-hydrogen) atoms. The highest BCUT2D eigenvalue weighted by Gasteiger charge is 2.08. The zero-order valence-corrected chi connectivity index (χ0v) is 13.6. The zero-order chi connectivity index (χ0) is 16.5. The van der Waals surface area contributed by atoms with Crippen molar-refractivity contribution in [3.8, 4) is 5.75 Å². The van der Waals surface area contributed by atoms with Crippen LogP contribution in [0.2, 0.25) is 0 Å². The molecule has 122 valence electrons. The van der Waals surface area contributed by atoms with Gasteiger partial charge in [0.1, 0.15) is 11.4 Å². The molecule has 0 aliphatic carbocycles. The number of carbonyl (C=O) groups is 1. The number of para-hydroxylation sites is 2. The number of aromatic nitrogens is 1. The van der Waals surface area contributed by atoms with Crippen molar-refractivity contribution >= 4 is 17.3 Å². The number of unbranched alkanes of at least 4 members (excludes halogenated alkanes) is 1. The molecule has 2 N–H and O–H groups in total. The van der Waals surface area contributed by atoms with Gasteiger partial charge in [-0.2, -0.15) is 0 Å². The van der Waals surface area contributed by atoms with Crippen molar-refractivity contribution in [2.75, 3.05) is 18.5 Å². The van der Waals surface area contributed by atoms with Crippen LogP contribution in [0.5, 0.6) is 5.75 Å².